The monoisotopic (exact) mass is 354 g/mol. The molecular formula is C19H18N2OS2. The number of amides is 1. The summed E-state index contributed by atoms with van der Waals surface area (Å²) in [5.74, 6) is 0.0881. The van der Waals surface area contributed by atoms with Crippen LogP contribution in [-0.2, 0) is 4.79 Å². The number of thiazole rings is 1. The van der Waals surface area contributed by atoms with Gasteiger partial charge in [0.2, 0.25) is 5.91 Å². The van der Waals surface area contributed by atoms with Crippen LogP contribution in [0.2, 0.25) is 0 Å². The lowest BCUT2D eigenvalue weighted by Gasteiger charge is -2.33. The van der Waals surface area contributed by atoms with Crippen molar-refractivity contribution in [3.8, 4) is 0 Å². The second-order valence-electron chi connectivity index (χ2n) is 5.95. The largest absolute Gasteiger partial charge is 0.330 e. The summed E-state index contributed by atoms with van der Waals surface area (Å²) in [6.45, 7) is 0.813. The lowest BCUT2D eigenvalue weighted by molar-refractivity contribution is -0.129. The molecule has 0 saturated carbocycles. The molecule has 24 heavy (non-hydrogen) atoms. The fourth-order valence-electron chi connectivity index (χ4n) is 3.12. The third kappa shape index (κ3) is 3.14. The summed E-state index contributed by atoms with van der Waals surface area (Å²) in [6, 6.07) is 10.3. The van der Waals surface area contributed by atoms with Crippen LogP contribution in [0.1, 0.15) is 35.9 Å². The van der Waals surface area contributed by atoms with Crippen molar-refractivity contribution in [1.29, 1.82) is 0 Å². The van der Waals surface area contributed by atoms with Gasteiger partial charge < -0.3 is 4.90 Å². The summed E-state index contributed by atoms with van der Waals surface area (Å²) in [7, 11) is 0. The number of hydrogen-bond acceptors (Lipinski definition) is 4. The Bertz CT molecular complexity index is 834. The molecule has 0 spiro atoms. The zero-order valence-electron chi connectivity index (χ0n) is 13.2. The number of thiophene rings is 1. The van der Waals surface area contributed by atoms with Gasteiger partial charge in [0.05, 0.1) is 16.3 Å². The van der Waals surface area contributed by atoms with Crippen LogP contribution in [0, 0.1) is 0 Å². The third-order valence-corrected chi connectivity index (χ3v) is 6.18. The molecule has 1 amide bonds. The molecular weight excluding hydrogens is 336 g/mol. The minimum absolute atomic E-state index is 0.0881. The molecule has 3 heterocycles. The minimum atomic E-state index is 0.0881. The number of benzene rings is 1. The molecule has 0 aliphatic carbocycles. The van der Waals surface area contributed by atoms with Gasteiger partial charge in [-0.1, -0.05) is 12.1 Å². The van der Waals surface area contributed by atoms with Gasteiger partial charge in [0.1, 0.15) is 5.01 Å². The van der Waals surface area contributed by atoms with Crippen molar-refractivity contribution in [3.05, 3.63) is 57.7 Å². The average Bonchev–Trinajstić information content (AvgIpc) is 3.29. The van der Waals surface area contributed by atoms with E-state index in [9.17, 15) is 4.79 Å². The smallest absolute Gasteiger partial charge is 0.247 e. The Labute approximate surface area is 149 Å². The molecule has 1 atom stereocenters. The van der Waals surface area contributed by atoms with Gasteiger partial charge in [-0.25, -0.2) is 4.98 Å². The number of likely N-dealkylation sites (tertiary alicyclic amines) is 1. The number of carbonyl (C=O) groups excluding carboxylic acids is 1. The van der Waals surface area contributed by atoms with Crippen molar-refractivity contribution in [2.75, 3.05) is 6.54 Å². The van der Waals surface area contributed by atoms with E-state index in [1.807, 2.05) is 46.0 Å². The normalized spacial score (nSPS) is 18.5. The molecule has 1 aromatic carbocycles. The fourth-order valence-corrected chi connectivity index (χ4v) is 4.86. The summed E-state index contributed by atoms with van der Waals surface area (Å²) >= 11 is 3.36. The molecule has 122 valence electrons. The van der Waals surface area contributed by atoms with Crippen molar-refractivity contribution in [1.82, 2.24) is 9.88 Å². The highest BCUT2D eigenvalue weighted by molar-refractivity contribution is 7.18. The quantitative estimate of drug-likeness (QED) is 0.611. The maximum absolute atomic E-state index is 12.7. The number of fused-ring (bicyclic) bond motifs is 1. The first kappa shape index (κ1) is 15.5. The SMILES string of the molecule is O=C(C=Cc1ccsc1)N1CCCCC1c1nc2ccccc2s1. The van der Waals surface area contributed by atoms with E-state index in [4.69, 9.17) is 4.98 Å². The molecule has 1 unspecified atom stereocenters. The Morgan fingerprint density at radius 3 is 3.00 bits per heavy atom. The van der Waals surface area contributed by atoms with Crippen LogP contribution in [0.25, 0.3) is 16.3 Å². The third-order valence-electron chi connectivity index (χ3n) is 4.34. The number of para-hydroxylation sites is 1. The Morgan fingerprint density at radius 2 is 2.17 bits per heavy atom. The standard InChI is InChI=1S/C19H18N2OS2/c22-18(9-8-14-10-12-23-13-14)21-11-4-3-6-16(21)19-20-15-5-1-2-7-17(15)24-19/h1-2,5,7-10,12-13,16H,3-4,6,11H2. The summed E-state index contributed by atoms with van der Waals surface area (Å²) in [5, 5.41) is 5.13. The number of carbonyl (C=O) groups is 1. The van der Waals surface area contributed by atoms with Crippen molar-refractivity contribution in [2.45, 2.75) is 25.3 Å². The van der Waals surface area contributed by atoms with Gasteiger partial charge in [0, 0.05) is 12.6 Å². The van der Waals surface area contributed by atoms with E-state index in [0.717, 1.165) is 41.9 Å². The van der Waals surface area contributed by atoms with Gasteiger partial charge in [-0.05, 0) is 59.9 Å². The highest BCUT2D eigenvalue weighted by Crippen LogP contribution is 2.35. The Balaban J connectivity index is 1.59. The van der Waals surface area contributed by atoms with Crippen LogP contribution in [0.4, 0.5) is 0 Å². The number of aromatic nitrogens is 1. The zero-order valence-corrected chi connectivity index (χ0v) is 14.9. The molecule has 4 rings (SSSR count). The van der Waals surface area contributed by atoms with Gasteiger partial charge in [0.25, 0.3) is 0 Å². The average molecular weight is 354 g/mol. The van der Waals surface area contributed by atoms with Crippen LogP contribution >= 0.6 is 22.7 Å². The number of rotatable bonds is 3. The number of piperidine rings is 1. The van der Waals surface area contributed by atoms with Crippen molar-refractivity contribution in [3.63, 3.8) is 0 Å². The highest BCUT2D eigenvalue weighted by Gasteiger charge is 2.29. The Kier molecular flexibility index (Phi) is 4.45. The van der Waals surface area contributed by atoms with Gasteiger partial charge in [-0.15, -0.1) is 11.3 Å². The summed E-state index contributed by atoms with van der Waals surface area (Å²) < 4.78 is 1.19. The molecule has 0 radical (unpaired) electrons. The molecule has 1 aliphatic heterocycles. The summed E-state index contributed by atoms with van der Waals surface area (Å²) in [4.78, 5) is 19.5. The predicted molar refractivity (Wildman–Crippen MR) is 101 cm³/mol. The molecule has 1 saturated heterocycles. The minimum Gasteiger partial charge on any atom is -0.330 e. The first-order valence-electron chi connectivity index (χ1n) is 8.17. The van der Waals surface area contributed by atoms with Gasteiger partial charge >= 0.3 is 0 Å². The van der Waals surface area contributed by atoms with Crippen LogP contribution < -0.4 is 0 Å². The fraction of sp³-hybridized carbons (Fsp3) is 0.263. The van der Waals surface area contributed by atoms with E-state index in [0.29, 0.717) is 0 Å². The first-order chi connectivity index (χ1) is 11.8. The molecule has 2 aromatic heterocycles. The lowest BCUT2D eigenvalue weighted by Crippen LogP contribution is -2.37. The molecule has 1 fully saturated rings. The van der Waals surface area contributed by atoms with Crippen molar-refractivity contribution in [2.24, 2.45) is 0 Å². The van der Waals surface area contributed by atoms with Crippen molar-refractivity contribution < 1.29 is 4.79 Å². The number of hydrogen-bond donors (Lipinski definition) is 0. The number of nitrogens with zero attached hydrogens (tertiary/aromatic N) is 2. The van der Waals surface area contributed by atoms with Gasteiger partial charge in [-0.2, -0.15) is 11.3 Å². The van der Waals surface area contributed by atoms with E-state index in [-0.39, 0.29) is 11.9 Å². The molecule has 0 N–H and O–H groups in total. The first-order valence-corrected chi connectivity index (χ1v) is 9.93. The van der Waals surface area contributed by atoms with Crippen molar-refractivity contribution >= 4 is 44.9 Å². The summed E-state index contributed by atoms with van der Waals surface area (Å²) in [5.41, 5.74) is 2.12. The molecule has 0 bridgehead atoms. The van der Waals surface area contributed by atoms with Crippen LogP contribution in [0.5, 0.6) is 0 Å². The van der Waals surface area contributed by atoms with E-state index in [2.05, 4.69) is 6.07 Å². The molecule has 3 nitrogen and oxygen atoms in total. The van der Waals surface area contributed by atoms with E-state index < -0.39 is 0 Å². The molecule has 3 aromatic rings. The van der Waals surface area contributed by atoms with Crippen LogP contribution in [-0.4, -0.2) is 22.3 Å². The second kappa shape index (κ2) is 6.87. The second-order valence-corrected chi connectivity index (χ2v) is 7.80. The maximum atomic E-state index is 12.7. The lowest BCUT2D eigenvalue weighted by atomic mass is 10.0. The molecule has 1 aliphatic rings. The predicted octanol–water partition coefficient (Wildman–Crippen LogP) is 5.12. The highest BCUT2D eigenvalue weighted by atomic mass is 32.1. The summed E-state index contributed by atoms with van der Waals surface area (Å²) in [6.07, 6.45) is 6.83. The van der Waals surface area contributed by atoms with E-state index in [1.165, 1.54) is 4.70 Å². The topological polar surface area (TPSA) is 33.2 Å². The Hall–Kier alpha value is -1.98. The maximum Gasteiger partial charge on any atom is 0.247 e. The van der Waals surface area contributed by atoms with E-state index in [1.54, 1.807) is 28.7 Å². The van der Waals surface area contributed by atoms with E-state index >= 15 is 0 Å². The van der Waals surface area contributed by atoms with Gasteiger partial charge in [-0.3, -0.25) is 4.79 Å². The van der Waals surface area contributed by atoms with Crippen LogP contribution in [0.3, 0.4) is 0 Å². The molecule has 5 heteroatoms. The van der Waals surface area contributed by atoms with Crippen LogP contribution in [0.15, 0.2) is 47.2 Å². The zero-order chi connectivity index (χ0) is 16.4. The van der Waals surface area contributed by atoms with Gasteiger partial charge in [0.15, 0.2) is 0 Å². The Morgan fingerprint density at radius 1 is 1.25 bits per heavy atom.